The number of rotatable bonds is 2. The van der Waals surface area contributed by atoms with Gasteiger partial charge in [0.05, 0.1) is 6.26 Å². The zero-order valence-electron chi connectivity index (χ0n) is 9.12. The summed E-state index contributed by atoms with van der Waals surface area (Å²) in [6.45, 7) is 3.47. The van der Waals surface area contributed by atoms with Crippen molar-refractivity contribution < 1.29 is 9.21 Å². The van der Waals surface area contributed by atoms with E-state index < -0.39 is 0 Å². The SMILES string of the molecule is CNC1CCN(C(=O)c2occc2C)C1. The average Bonchev–Trinajstić information content (AvgIpc) is 2.84. The number of carbonyl (C=O) groups is 1. The molecule has 0 saturated carbocycles. The largest absolute Gasteiger partial charge is 0.459 e. The molecule has 2 rings (SSSR count). The van der Waals surface area contributed by atoms with Crippen LogP contribution in [0.15, 0.2) is 16.7 Å². The molecule has 82 valence electrons. The average molecular weight is 208 g/mol. The number of hydrogen-bond donors (Lipinski definition) is 1. The molecular formula is C11H16N2O2. The van der Waals surface area contributed by atoms with Gasteiger partial charge in [0, 0.05) is 24.7 Å². The molecule has 1 atom stereocenters. The van der Waals surface area contributed by atoms with E-state index >= 15 is 0 Å². The van der Waals surface area contributed by atoms with Crippen LogP contribution in [0, 0.1) is 6.92 Å². The second-order valence-electron chi connectivity index (χ2n) is 3.96. The summed E-state index contributed by atoms with van der Waals surface area (Å²) in [6, 6.07) is 2.24. The molecule has 1 aliphatic heterocycles. The Morgan fingerprint density at radius 3 is 3.00 bits per heavy atom. The van der Waals surface area contributed by atoms with Crippen molar-refractivity contribution in [1.82, 2.24) is 10.2 Å². The molecule has 1 fully saturated rings. The third-order valence-electron chi connectivity index (χ3n) is 2.94. The van der Waals surface area contributed by atoms with Crippen molar-refractivity contribution in [3.05, 3.63) is 23.7 Å². The third-order valence-corrected chi connectivity index (χ3v) is 2.94. The highest BCUT2D eigenvalue weighted by molar-refractivity contribution is 5.93. The molecule has 4 nitrogen and oxygen atoms in total. The van der Waals surface area contributed by atoms with Gasteiger partial charge >= 0.3 is 0 Å². The summed E-state index contributed by atoms with van der Waals surface area (Å²) in [5.74, 6) is 0.488. The number of nitrogens with zero attached hydrogens (tertiary/aromatic N) is 1. The zero-order chi connectivity index (χ0) is 10.8. The molecule has 15 heavy (non-hydrogen) atoms. The fourth-order valence-corrected chi connectivity index (χ4v) is 1.92. The van der Waals surface area contributed by atoms with E-state index in [1.807, 2.05) is 24.9 Å². The monoisotopic (exact) mass is 208 g/mol. The molecule has 1 aliphatic rings. The summed E-state index contributed by atoms with van der Waals surface area (Å²) in [5, 5.41) is 3.18. The number of amides is 1. The number of likely N-dealkylation sites (tertiary alicyclic amines) is 1. The third kappa shape index (κ3) is 1.90. The molecule has 1 aromatic rings. The van der Waals surface area contributed by atoms with Crippen LogP contribution in [0.5, 0.6) is 0 Å². The van der Waals surface area contributed by atoms with Crippen LogP contribution < -0.4 is 5.32 Å². The Hall–Kier alpha value is -1.29. The molecule has 0 aromatic carbocycles. The van der Waals surface area contributed by atoms with E-state index in [2.05, 4.69) is 5.32 Å². The van der Waals surface area contributed by atoms with Crippen LogP contribution >= 0.6 is 0 Å². The summed E-state index contributed by atoms with van der Waals surface area (Å²) in [5.41, 5.74) is 0.910. The second-order valence-corrected chi connectivity index (χ2v) is 3.96. The van der Waals surface area contributed by atoms with Crippen LogP contribution in [-0.4, -0.2) is 37.0 Å². The Morgan fingerprint density at radius 2 is 2.47 bits per heavy atom. The van der Waals surface area contributed by atoms with Crippen LogP contribution in [0.2, 0.25) is 0 Å². The lowest BCUT2D eigenvalue weighted by Crippen LogP contribution is -2.33. The van der Waals surface area contributed by atoms with Crippen molar-refractivity contribution in [1.29, 1.82) is 0 Å². The summed E-state index contributed by atoms with van der Waals surface area (Å²) in [4.78, 5) is 13.8. The van der Waals surface area contributed by atoms with Gasteiger partial charge in [0.15, 0.2) is 5.76 Å². The van der Waals surface area contributed by atoms with Gasteiger partial charge in [-0.25, -0.2) is 0 Å². The smallest absolute Gasteiger partial charge is 0.289 e. The van der Waals surface area contributed by atoms with Crippen LogP contribution in [-0.2, 0) is 0 Å². The zero-order valence-corrected chi connectivity index (χ0v) is 9.12. The van der Waals surface area contributed by atoms with Crippen LogP contribution in [0.25, 0.3) is 0 Å². The van der Waals surface area contributed by atoms with Gasteiger partial charge in [-0.1, -0.05) is 0 Å². The standard InChI is InChI=1S/C11H16N2O2/c1-8-4-6-15-10(8)11(14)13-5-3-9(7-13)12-2/h4,6,9,12H,3,5,7H2,1-2H3. The lowest BCUT2D eigenvalue weighted by atomic mass is 10.2. The first kappa shape index (κ1) is 10.2. The maximum Gasteiger partial charge on any atom is 0.289 e. The van der Waals surface area contributed by atoms with Crippen molar-refractivity contribution in [3.8, 4) is 0 Å². The highest BCUT2D eigenvalue weighted by atomic mass is 16.3. The Labute approximate surface area is 89.2 Å². The highest BCUT2D eigenvalue weighted by Gasteiger charge is 2.28. The summed E-state index contributed by atoms with van der Waals surface area (Å²) >= 11 is 0. The first-order valence-electron chi connectivity index (χ1n) is 5.23. The minimum absolute atomic E-state index is 0.00949. The molecule has 4 heteroatoms. The number of likely N-dealkylation sites (N-methyl/N-ethyl adjacent to an activating group) is 1. The molecule has 1 aromatic heterocycles. The van der Waals surface area contributed by atoms with E-state index in [0.29, 0.717) is 11.8 Å². The van der Waals surface area contributed by atoms with E-state index in [4.69, 9.17) is 4.42 Å². The van der Waals surface area contributed by atoms with E-state index in [0.717, 1.165) is 25.1 Å². The van der Waals surface area contributed by atoms with Gasteiger partial charge in [-0.2, -0.15) is 0 Å². The van der Waals surface area contributed by atoms with E-state index in [9.17, 15) is 4.79 Å². The Kier molecular flexibility index (Phi) is 2.77. The molecule has 1 amide bonds. The van der Waals surface area contributed by atoms with Crippen molar-refractivity contribution in [3.63, 3.8) is 0 Å². The number of aryl methyl sites for hydroxylation is 1. The summed E-state index contributed by atoms with van der Waals surface area (Å²) in [6.07, 6.45) is 2.58. The Morgan fingerprint density at radius 1 is 1.67 bits per heavy atom. The van der Waals surface area contributed by atoms with E-state index in [-0.39, 0.29) is 5.91 Å². The van der Waals surface area contributed by atoms with Gasteiger partial charge in [0.25, 0.3) is 5.91 Å². The molecular weight excluding hydrogens is 192 g/mol. The van der Waals surface area contributed by atoms with Gasteiger partial charge < -0.3 is 14.6 Å². The predicted molar refractivity (Wildman–Crippen MR) is 56.8 cm³/mol. The maximum absolute atomic E-state index is 12.0. The number of furan rings is 1. The Balaban J connectivity index is 2.07. The minimum atomic E-state index is 0.00949. The van der Waals surface area contributed by atoms with E-state index in [1.54, 1.807) is 6.26 Å². The van der Waals surface area contributed by atoms with Gasteiger partial charge in [-0.15, -0.1) is 0 Å². The molecule has 0 bridgehead atoms. The van der Waals surface area contributed by atoms with Crippen LogP contribution in [0.4, 0.5) is 0 Å². The molecule has 0 radical (unpaired) electrons. The number of nitrogens with one attached hydrogen (secondary N) is 1. The van der Waals surface area contributed by atoms with Crippen molar-refractivity contribution in [2.24, 2.45) is 0 Å². The lowest BCUT2D eigenvalue weighted by molar-refractivity contribution is 0.0757. The van der Waals surface area contributed by atoms with Gasteiger partial charge in [0.2, 0.25) is 0 Å². The Bertz CT molecular complexity index is 359. The molecule has 1 unspecified atom stereocenters. The molecule has 1 saturated heterocycles. The first-order chi connectivity index (χ1) is 7.22. The lowest BCUT2D eigenvalue weighted by Gasteiger charge is -2.15. The van der Waals surface area contributed by atoms with E-state index in [1.165, 1.54) is 0 Å². The fraction of sp³-hybridized carbons (Fsp3) is 0.545. The molecule has 0 spiro atoms. The quantitative estimate of drug-likeness (QED) is 0.789. The highest BCUT2D eigenvalue weighted by Crippen LogP contribution is 2.16. The number of hydrogen-bond acceptors (Lipinski definition) is 3. The summed E-state index contributed by atoms with van der Waals surface area (Å²) in [7, 11) is 1.93. The van der Waals surface area contributed by atoms with Crippen LogP contribution in [0.1, 0.15) is 22.5 Å². The predicted octanol–water partition coefficient (Wildman–Crippen LogP) is 1.02. The van der Waals surface area contributed by atoms with Gasteiger partial charge in [0.1, 0.15) is 0 Å². The second kappa shape index (κ2) is 4.06. The van der Waals surface area contributed by atoms with Gasteiger partial charge in [-0.05, 0) is 26.5 Å². The normalized spacial score (nSPS) is 20.9. The maximum atomic E-state index is 12.0. The minimum Gasteiger partial charge on any atom is -0.459 e. The molecule has 0 aliphatic carbocycles. The topological polar surface area (TPSA) is 45.5 Å². The molecule has 1 N–H and O–H groups in total. The number of carbonyl (C=O) groups excluding carboxylic acids is 1. The van der Waals surface area contributed by atoms with Crippen molar-refractivity contribution in [2.75, 3.05) is 20.1 Å². The molecule has 2 heterocycles. The first-order valence-corrected chi connectivity index (χ1v) is 5.23. The van der Waals surface area contributed by atoms with Crippen LogP contribution in [0.3, 0.4) is 0 Å². The van der Waals surface area contributed by atoms with Crippen molar-refractivity contribution >= 4 is 5.91 Å². The summed E-state index contributed by atoms with van der Waals surface area (Å²) < 4.78 is 5.20. The van der Waals surface area contributed by atoms with Gasteiger partial charge in [-0.3, -0.25) is 4.79 Å². The van der Waals surface area contributed by atoms with Crippen molar-refractivity contribution in [2.45, 2.75) is 19.4 Å². The fourth-order valence-electron chi connectivity index (χ4n) is 1.92.